The second kappa shape index (κ2) is 6.14. The monoisotopic (exact) mass is 331 g/mol. The standard InChI is InChI=1S/C17H17NO4S/c1-12-2-6-16(7-3-12)23(20,21)17(18-11-19)13-4-5-14-9-22-10-15(14)8-13/h2-8,11,17H,9-10H2,1H3,(H,18,19). The highest BCUT2D eigenvalue weighted by molar-refractivity contribution is 7.91. The summed E-state index contributed by atoms with van der Waals surface area (Å²) in [6.07, 6.45) is 0.417. The maximum atomic E-state index is 12.9. The topological polar surface area (TPSA) is 72.5 Å². The van der Waals surface area contributed by atoms with Crippen molar-refractivity contribution < 1.29 is 17.9 Å². The Morgan fingerprint density at radius 2 is 1.78 bits per heavy atom. The third-order valence-corrected chi connectivity index (χ3v) is 5.89. The summed E-state index contributed by atoms with van der Waals surface area (Å²) in [7, 11) is -3.73. The van der Waals surface area contributed by atoms with Gasteiger partial charge in [0.05, 0.1) is 18.1 Å². The molecule has 1 unspecified atom stereocenters. The van der Waals surface area contributed by atoms with Gasteiger partial charge in [-0.15, -0.1) is 0 Å². The van der Waals surface area contributed by atoms with Crippen molar-refractivity contribution in [2.75, 3.05) is 0 Å². The van der Waals surface area contributed by atoms with Crippen LogP contribution in [0, 0.1) is 6.92 Å². The molecule has 1 aliphatic rings. The molecular weight excluding hydrogens is 314 g/mol. The minimum atomic E-state index is -3.73. The highest BCUT2D eigenvalue weighted by Gasteiger charge is 2.29. The average molecular weight is 331 g/mol. The summed E-state index contributed by atoms with van der Waals surface area (Å²) in [5.74, 6) is 0. The molecule has 1 atom stereocenters. The van der Waals surface area contributed by atoms with Crippen molar-refractivity contribution in [1.29, 1.82) is 0 Å². The van der Waals surface area contributed by atoms with Gasteiger partial charge in [-0.25, -0.2) is 8.42 Å². The number of rotatable bonds is 5. The molecule has 1 heterocycles. The zero-order chi connectivity index (χ0) is 16.4. The molecule has 0 spiro atoms. The molecule has 0 fully saturated rings. The maximum absolute atomic E-state index is 12.9. The lowest BCUT2D eigenvalue weighted by molar-refractivity contribution is -0.109. The van der Waals surface area contributed by atoms with Crippen molar-refractivity contribution in [3.8, 4) is 0 Å². The molecule has 2 aromatic carbocycles. The van der Waals surface area contributed by atoms with Crippen LogP contribution < -0.4 is 5.32 Å². The molecule has 1 aliphatic heterocycles. The predicted molar refractivity (Wildman–Crippen MR) is 85.2 cm³/mol. The second-order valence-electron chi connectivity index (χ2n) is 5.54. The van der Waals surface area contributed by atoms with Crippen molar-refractivity contribution >= 4 is 16.2 Å². The zero-order valence-electron chi connectivity index (χ0n) is 12.7. The largest absolute Gasteiger partial charge is 0.372 e. The Kier molecular flexibility index (Phi) is 4.19. The first-order chi connectivity index (χ1) is 11.0. The van der Waals surface area contributed by atoms with Gasteiger partial charge < -0.3 is 10.1 Å². The number of aryl methyl sites for hydroxylation is 1. The molecule has 2 aromatic rings. The number of ether oxygens (including phenoxy) is 1. The molecule has 0 saturated heterocycles. The van der Waals surface area contributed by atoms with E-state index in [4.69, 9.17) is 4.74 Å². The van der Waals surface area contributed by atoms with Gasteiger partial charge in [-0.3, -0.25) is 4.79 Å². The lowest BCUT2D eigenvalue weighted by Crippen LogP contribution is -2.28. The number of benzene rings is 2. The Balaban J connectivity index is 2.04. The molecule has 0 aliphatic carbocycles. The Hall–Kier alpha value is -2.18. The number of nitrogens with one attached hydrogen (secondary N) is 1. The van der Waals surface area contributed by atoms with E-state index in [2.05, 4.69) is 5.32 Å². The number of sulfone groups is 1. The van der Waals surface area contributed by atoms with E-state index in [9.17, 15) is 13.2 Å². The number of hydrogen-bond acceptors (Lipinski definition) is 4. The molecule has 1 amide bonds. The van der Waals surface area contributed by atoms with Crippen LogP contribution in [0.4, 0.5) is 0 Å². The first kappa shape index (κ1) is 15.7. The molecular formula is C17H17NO4S. The van der Waals surface area contributed by atoms with Gasteiger partial charge in [-0.2, -0.15) is 0 Å². The zero-order valence-corrected chi connectivity index (χ0v) is 13.5. The van der Waals surface area contributed by atoms with Crippen LogP contribution in [0.15, 0.2) is 47.4 Å². The van der Waals surface area contributed by atoms with Crippen molar-refractivity contribution in [3.63, 3.8) is 0 Å². The van der Waals surface area contributed by atoms with Gasteiger partial charge in [0, 0.05) is 0 Å². The molecule has 0 bridgehead atoms. The SMILES string of the molecule is Cc1ccc(S(=O)(=O)C(NC=O)c2ccc3c(c2)COC3)cc1. The van der Waals surface area contributed by atoms with Crippen LogP contribution >= 0.6 is 0 Å². The number of amides is 1. The van der Waals surface area contributed by atoms with Gasteiger partial charge in [-0.1, -0.05) is 29.8 Å². The number of hydrogen-bond donors (Lipinski definition) is 1. The van der Waals surface area contributed by atoms with Gasteiger partial charge in [0.25, 0.3) is 0 Å². The van der Waals surface area contributed by atoms with E-state index in [0.717, 1.165) is 16.7 Å². The van der Waals surface area contributed by atoms with E-state index in [1.807, 2.05) is 13.0 Å². The van der Waals surface area contributed by atoms with Crippen LogP contribution in [0.25, 0.3) is 0 Å². The van der Waals surface area contributed by atoms with E-state index in [1.54, 1.807) is 36.4 Å². The molecule has 23 heavy (non-hydrogen) atoms. The van der Waals surface area contributed by atoms with Crippen LogP contribution in [0.3, 0.4) is 0 Å². The highest BCUT2D eigenvalue weighted by atomic mass is 32.2. The summed E-state index contributed by atoms with van der Waals surface area (Å²) in [4.78, 5) is 11.1. The van der Waals surface area contributed by atoms with E-state index >= 15 is 0 Å². The fraction of sp³-hybridized carbons (Fsp3) is 0.235. The van der Waals surface area contributed by atoms with Crippen LogP contribution in [-0.4, -0.2) is 14.8 Å². The Morgan fingerprint density at radius 1 is 1.09 bits per heavy atom. The highest BCUT2D eigenvalue weighted by Crippen LogP contribution is 2.30. The quantitative estimate of drug-likeness (QED) is 0.853. The molecule has 1 N–H and O–H groups in total. The third kappa shape index (κ3) is 3.00. The van der Waals surface area contributed by atoms with E-state index in [-0.39, 0.29) is 4.90 Å². The minimum absolute atomic E-state index is 0.180. The fourth-order valence-corrected chi connectivity index (χ4v) is 4.17. The Morgan fingerprint density at radius 3 is 2.48 bits per heavy atom. The third-order valence-electron chi connectivity index (χ3n) is 3.93. The normalized spacial score (nSPS) is 15.0. The van der Waals surface area contributed by atoms with Gasteiger partial charge >= 0.3 is 0 Å². The van der Waals surface area contributed by atoms with E-state index < -0.39 is 15.2 Å². The van der Waals surface area contributed by atoms with Crippen LogP contribution in [-0.2, 0) is 32.6 Å². The first-order valence-electron chi connectivity index (χ1n) is 7.22. The number of fused-ring (bicyclic) bond motifs is 1. The number of carbonyl (C=O) groups is 1. The van der Waals surface area contributed by atoms with Gasteiger partial charge in [0.15, 0.2) is 5.37 Å². The summed E-state index contributed by atoms with van der Waals surface area (Å²) < 4.78 is 31.1. The maximum Gasteiger partial charge on any atom is 0.208 e. The van der Waals surface area contributed by atoms with Crippen molar-refractivity contribution in [2.45, 2.75) is 30.4 Å². The predicted octanol–water partition coefficient (Wildman–Crippen LogP) is 2.24. The van der Waals surface area contributed by atoms with Gasteiger partial charge in [0.1, 0.15) is 0 Å². The molecule has 5 nitrogen and oxygen atoms in total. The van der Waals surface area contributed by atoms with Crippen molar-refractivity contribution in [3.05, 3.63) is 64.7 Å². The lowest BCUT2D eigenvalue weighted by atomic mass is 10.1. The van der Waals surface area contributed by atoms with Crippen LogP contribution in [0.2, 0.25) is 0 Å². The van der Waals surface area contributed by atoms with Gasteiger partial charge in [-0.05, 0) is 41.8 Å². The Bertz CT molecular complexity index is 828. The summed E-state index contributed by atoms with van der Waals surface area (Å²) >= 11 is 0. The molecule has 0 saturated carbocycles. The Labute approximate surface area is 135 Å². The number of carbonyl (C=O) groups excluding carboxylic acids is 1. The van der Waals surface area contributed by atoms with Crippen LogP contribution in [0.5, 0.6) is 0 Å². The molecule has 120 valence electrons. The van der Waals surface area contributed by atoms with E-state index in [1.165, 1.54) is 0 Å². The summed E-state index contributed by atoms with van der Waals surface area (Å²) in [5.41, 5.74) is 3.51. The first-order valence-corrected chi connectivity index (χ1v) is 8.77. The molecule has 0 aromatic heterocycles. The minimum Gasteiger partial charge on any atom is -0.372 e. The smallest absolute Gasteiger partial charge is 0.208 e. The molecule has 3 rings (SSSR count). The second-order valence-corrected chi connectivity index (χ2v) is 7.58. The summed E-state index contributed by atoms with van der Waals surface area (Å²) in [5, 5.41) is 1.32. The average Bonchev–Trinajstić information content (AvgIpc) is 3.00. The molecule has 6 heteroatoms. The van der Waals surface area contributed by atoms with Crippen LogP contribution in [0.1, 0.15) is 27.6 Å². The summed E-state index contributed by atoms with van der Waals surface area (Å²) in [6.45, 7) is 2.88. The lowest BCUT2D eigenvalue weighted by Gasteiger charge is -2.18. The molecule has 0 radical (unpaired) electrons. The van der Waals surface area contributed by atoms with Gasteiger partial charge in [0.2, 0.25) is 16.2 Å². The summed E-state index contributed by atoms with van der Waals surface area (Å²) in [6, 6.07) is 11.9. The van der Waals surface area contributed by atoms with E-state index in [0.29, 0.717) is 25.2 Å². The van der Waals surface area contributed by atoms with Crippen molar-refractivity contribution in [1.82, 2.24) is 5.32 Å². The fourth-order valence-electron chi connectivity index (χ4n) is 2.65. The van der Waals surface area contributed by atoms with Crippen molar-refractivity contribution in [2.24, 2.45) is 0 Å².